The molecule has 0 amide bonds. The van der Waals surface area contributed by atoms with Crippen molar-refractivity contribution in [1.82, 2.24) is 5.32 Å². The highest BCUT2D eigenvalue weighted by atomic mass is 16.5. The molecular formula is C11H23NO. The van der Waals surface area contributed by atoms with Crippen LogP contribution in [0.3, 0.4) is 0 Å². The molecule has 1 aliphatic heterocycles. The van der Waals surface area contributed by atoms with Crippen molar-refractivity contribution in [2.75, 3.05) is 19.8 Å². The third kappa shape index (κ3) is 4.63. The van der Waals surface area contributed by atoms with Crippen molar-refractivity contribution in [3.05, 3.63) is 0 Å². The summed E-state index contributed by atoms with van der Waals surface area (Å²) in [7, 11) is 0. The van der Waals surface area contributed by atoms with Crippen LogP contribution in [0.2, 0.25) is 0 Å². The van der Waals surface area contributed by atoms with E-state index in [0.29, 0.717) is 6.04 Å². The Balaban J connectivity index is 2.11. The summed E-state index contributed by atoms with van der Waals surface area (Å²) < 4.78 is 5.42. The quantitative estimate of drug-likeness (QED) is 0.725. The molecule has 1 aliphatic rings. The Hall–Kier alpha value is -0.0800. The fourth-order valence-electron chi connectivity index (χ4n) is 1.62. The summed E-state index contributed by atoms with van der Waals surface area (Å²) in [6.45, 7) is 7.63. The number of hydrogen-bond acceptors (Lipinski definition) is 2. The van der Waals surface area contributed by atoms with Gasteiger partial charge in [0.15, 0.2) is 0 Å². The van der Waals surface area contributed by atoms with Gasteiger partial charge in [-0.15, -0.1) is 0 Å². The molecule has 0 spiro atoms. The van der Waals surface area contributed by atoms with Crippen LogP contribution in [0.1, 0.15) is 39.5 Å². The summed E-state index contributed by atoms with van der Waals surface area (Å²) in [6, 6.07) is 0.705. The average Bonchev–Trinajstić information content (AvgIpc) is 2.42. The van der Waals surface area contributed by atoms with Gasteiger partial charge < -0.3 is 10.1 Å². The van der Waals surface area contributed by atoms with Crippen LogP contribution >= 0.6 is 0 Å². The van der Waals surface area contributed by atoms with E-state index in [-0.39, 0.29) is 0 Å². The molecular weight excluding hydrogens is 162 g/mol. The van der Waals surface area contributed by atoms with E-state index in [0.717, 1.165) is 19.1 Å². The molecule has 78 valence electrons. The zero-order valence-electron chi connectivity index (χ0n) is 9.01. The van der Waals surface area contributed by atoms with E-state index < -0.39 is 0 Å². The largest absolute Gasteiger partial charge is 0.381 e. The van der Waals surface area contributed by atoms with Gasteiger partial charge in [-0.05, 0) is 31.7 Å². The van der Waals surface area contributed by atoms with Crippen LogP contribution in [0.4, 0.5) is 0 Å². The normalized spacial score (nSPS) is 26.8. The molecule has 1 saturated heterocycles. The number of hydrogen-bond donors (Lipinski definition) is 1. The van der Waals surface area contributed by atoms with Crippen LogP contribution < -0.4 is 5.32 Å². The fourth-order valence-corrected chi connectivity index (χ4v) is 1.62. The van der Waals surface area contributed by atoms with E-state index in [2.05, 4.69) is 19.2 Å². The zero-order valence-corrected chi connectivity index (χ0v) is 9.01. The molecule has 1 N–H and O–H groups in total. The first-order chi connectivity index (χ1) is 6.33. The lowest BCUT2D eigenvalue weighted by atomic mass is 10.1. The molecule has 2 heteroatoms. The minimum atomic E-state index is 0.705. The van der Waals surface area contributed by atoms with Crippen LogP contribution in [-0.2, 0) is 4.74 Å². The standard InChI is InChI=1S/C11H23NO/c1-3-10(2)9-12-11-5-4-7-13-8-6-11/h10-12H,3-9H2,1-2H3. The van der Waals surface area contributed by atoms with Gasteiger partial charge in [0.25, 0.3) is 0 Å². The monoisotopic (exact) mass is 185 g/mol. The first-order valence-electron chi connectivity index (χ1n) is 5.64. The van der Waals surface area contributed by atoms with E-state index in [1.54, 1.807) is 0 Å². The molecule has 0 saturated carbocycles. The Labute approximate surface area is 82.0 Å². The summed E-state index contributed by atoms with van der Waals surface area (Å²) in [6.07, 6.45) is 4.97. The number of nitrogens with one attached hydrogen (secondary N) is 1. The van der Waals surface area contributed by atoms with E-state index in [4.69, 9.17) is 4.74 Å². The van der Waals surface area contributed by atoms with E-state index in [9.17, 15) is 0 Å². The van der Waals surface area contributed by atoms with E-state index >= 15 is 0 Å². The average molecular weight is 185 g/mol. The van der Waals surface area contributed by atoms with Gasteiger partial charge >= 0.3 is 0 Å². The predicted molar refractivity (Wildman–Crippen MR) is 55.9 cm³/mol. The van der Waals surface area contributed by atoms with Crippen LogP contribution in [0.5, 0.6) is 0 Å². The molecule has 1 fully saturated rings. The van der Waals surface area contributed by atoms with Crippen molar-refractivity contribution in [3.63, 3.8) is 0 Å². The molecule has 0 aromatic rings. The van der Waals surface area contributed by atoms with Crippen LogP contribution in [-0.4, -0.2) is 25.8 Å². The maximum atomic E-state index is 5.42. The predicted octanol–water partition coefficient (Wildman–Crippen LogP) is 2.19. The summed E-state index contributed by atoms with van der Waals surface area (Å²) in [5.41, 5.74) is 0. The summed E-state index contributed by atoms with van der Waals surface area (Å²) >= 11 is 0. The minimum Gasteiger partial charge on any atom is -0.381 e. The highest BCUT2D eigenvalue weighted by Crippen LogP contribution is 2.09. The van der Waals surface area contributed by atoms with Crippen molar-refractivity contribution in [2.45, 2.75) is 45.6 Å². The van der Waals surface area contributed by atoms with E-state index in [1.807, 2.05) is 0 Å². The Morgan fingerprint density at radius 2 is 2.23 bits per heavy atom. The van der Waals surface area contributed by atoms with Crippen molar-refractivity contribution >= 4 is 0 Å². The Bertz CT molecular complexity index is 119. The maximum Gasteiger partial charge on any atom is 0.0480 e. The molecule has 0 radical (unpaired) electrons. The molecule has 1 heterocycles. The zero-order chi connectivity index (χ0) is 9.52. The second-order valence-electron chi connectivity index (χ2n) is 4.16. The van der Waals surface area contributed by atoms with Gasteiger partial charge in [0.2, 0.25) is 0 Å². The van der Waals surface area contributed by atoms with Gasteiger partial charge in [0.1, 0.15) is 0 Å². The molecule has 0 aromatic heterocycles. The molecule has 0 bridgehead atoms. The van der Waals surface area contributed by atoms with Gasteiger partial charge in [-0.3, -0.25) is 0 Å². The van der Waals surface area contributed by atoms with Crippen molar-refractivity contribution < 1.29 is 4.74 Å². The molecule has 0 aliphatic carbocycles. The molecule has 2 nitrogen and oxygen atoms in total. The van der Waals surface area contributed by atoms with Crippen molar-refractivity contribution in [2.24, 2.45) is 5.92 Å². The summed E-state index contributed by atoms with van der Waals surface area (Å²) in [4.78, 5) is 0. The van der Waals surface area contributed by atoms with Gasteiger partial charge in [0, 0.05) is 19.3 Å². The lowest BCUT2D eigenvalue weighted by molar-refractivity contribution is 0.142. The number of ether oxygens (including phenoxy) is 1. The van der Waals surface area contributed by atoms with Gasteiger partial charge in [-0.1, -0.05) is 20.3 Å². The molecule has 2 unspecified atom stereocenters. The summed E-state index contributed by atoms with van der Waals surface area (Å²) in [5.74, 6) is 0.809. The lowest BCUT2D eigenvalue weighted by Gasteiger charge is -2.18. The van der Waals surface area contributed by atoms with Crippen LogP contribution in [0.25, 0.3) is 0 Å². The Morgan fingerprint density at radius 1 is 1.38 bits per heavy atom. The Kier molecular flexibility index (Phi) is 5.40. The smallest absolute Gasteiger partial charge is 0.0480 e. The van der Waals surface area contributed by atoms with Gasteiger partial charge in [-0.2, -0.15) is 0 Å². The topological polar surface area (TPSA) is 21.3 Å². The van der Waals surface area contributed by atoms with Crippen LogP contribution in [0.15, 0.2) is 0 Å². The number of rotatable bonds is 4. The maximum absolute atomic E-state index is 5.42. The molecule has 0 aromatic carbocycles. The highest BCUT2D eigenvalue weighted by molar-refractivity contribution is 4.70. The van der Waals surface area contributed by atoms with Crippen LogP contribution in [0, 0.1) is 5.92 Å². The summed E-state index contributed by atoms with van der Waals surface area (Å²) in [5, 5.41) is 3.63. The second-order valence-corrected chi connectivity index (χ2v) is 4.16. The Morgan fingerprint density at radius 3 is 3.00 bits per heavy atom. The minimum absolute atomic E-state index is 0.705. The fraction of sp³-hybridized carbons (Fsp3) is 1.00. The third-order valence-corrected chi connectivity index (χ3v) is 2.90. The molecule has 1 rings (SSSR count). The van der Waals surface area contributed by atoms with Gasteiger partial charge in [0.05, 0.1) is 0 Å². The lowest BCUT2D eigenvalue weighted by Crippen LogP contribution is -2.32. The van der Waals surface area contributed by atoms with Gasteiger partial charge in [-0.25, -0.2) is 0 Å². The van der Waals surface area contributed by atoms with E-state index in [1.165, 1.54) is 32.2 Å². The first-order valence-corrected chi connectivity index (χ1v) is 5.64. The SMILES string of the molecule is CCC(C)CNC1CCCOCC1. The molecule has 13 heavy (non-hydrogen) atoms. The van der Waals surface area contributed by atoms with Crippen molar-refractivity contribution in [1.29, 1.82) is 0 Å². The highest BCUT2D eigenvalue weighted by Gasteiger charge is 2.11. The van der Waals surface area contributed by atoms with Crippen molar-refractivity contribution in [3.8, 4) is 0 Å². The first kappa shape index (κ1) is 11.0. The molecule has 2 atom stereocenters. The third-order valence-electron chi connectivity index (χ3n) is 2.90. The second kappa shape index (κ2) is 6.39.